The van der Waals surface area contributed by atoms with Crippen LogP contribution in [0.25, 0.3) is 0 Å². The van der Waals surface area contributed by atoms with Gasteiger partial charge in [-0.05, 0) is 29.7 Å². The molecule has 0 saturated carbocycles. The van der Waals surface area contributed by atoms with Gasteiger partial charge in [0.05, 0.1) is 6.10 Å². The largest absolute Gasteiger partial charge is 0.390 e. The molecule has 116 valence electrons. The summed E-state index contributed by atoms with van der Waals surface area (Å²) < 4.78 is 0.979. The fraction of sp³-hybridized carbons (Fsp3) is 0.353. The first-order valence-electron chi connectivity index (χ1n) is 7.53. The van der Waals surface area contributed by atoms with Gasteiger partial charge >= 0.3 is 0 Å². The Hall–Kier alpha value is -1.43. The molecule has 1 aliphatic heterocycles. The van der Waals surface area contributed by atoms with E-state index < -0.39 is 6.10 Å². The number of halogens is 1. The molecule has 0 bridgehead atoms. The van der Waals surface area contributed by atoms with Crippen LogP contribution in [0.5, 0.6) is 0 Å². The minimum atomic E-state index is -0.411. The Bertz CT molecular complexity index is 635. The van der Waals surface area contributed by atoms with Gasteiger partial charge in [0.15, 0.2) is 0 Å². The number of aliphatic hydroxyl groups is 1. The predicted molar refractivity (Wildman–Crippen MR) is 91.9 cm³/mol. The first-order valence-corrected chi connectivity index (χ1v) is 8.32. The average Bonchev–Trinajstić information content (AvgIpc) is 2.53. The Morgan fingerprint density at radius 2 is 2.09 bits per heavy atom. The second kappa shape index (κ2) is 7.22. The van der Waals surface area contributed by atoms with Crippen LogP contribution in [0.3, 0.4) is 0 Å². The minimum Gasteiger partial charge on any atom is -0.390 e. The summed E-state index contributed by atoms with van der Waals surface area (Å²) in [6, 6.07) is 12.3. The van der Waals surface area contributed by atoms with E-state index in [1.165, 1.54) is 11.1 Å². The summed E-state index contributed by atoms with van der Waals surface area (Å²) in [5.74, 6) is 0.775. The highest BCUT2D eigenvalue weighted by Crippen LogP contribution is 2.18. The molecular formula is C17H20BrN3O. The van der Waals surface area contributed by atoms with E-state index in [-0.39, 0.29) is 0 Å². The molecule has 1 aliphatic rings. The molecule has 0 amide bonds. The van der Waals surface area contributed by atoms with Gasteiger partial charge in [0.2, 0.25) is 0 Å². The van der Waals surface area contributed by atoms with Crippen molar-refractivity contribution in [2.45, 2.75) is 19.1 Å². The Balaban J connectivity index is 1.49. The Kier molecular flexibility index (Phi) is 5.08. The van der Waals surface area contributed by atoms with Gasteiger partial charge in [-0.1, -0.05) is 40.2 Å². The molecule has 0 radical (unpaired) electrons. The second-order valence-electron chi connectivity index (χ2n) is 5.65. The average molecular weight is 362 g/mol. The van der Waals surface area contributed by atoms with Crippen molar-refractivity contribution in [3.8, 4) is 0 Å². The number of aliphatic hydroxyl groups excluding tert-OH is 1. The van der Waals surface area contributed by atoms with Crippen LogP contribution in [-0.4, -0.2) is 40.7 Å². The second-order valence-corrected chi connectivity index (χ2v) is 6.56. The SMILES string of the molecule is O[C@@H](CNc1cc(Br)ccn1)CN1CCc2ccccc2C1. The zero-order valence-electron chi connectivity index (χ0n) is 12.4. The van der Waals surface area contributed by atoms with Crippen LogP contribution in [-0.2, 0) is 13.0 Å². The zero-order chi connectivity index (χ0) is 15.4. The van der Waals surface area contributed by atoms with Gasteiger partial charge in [-0.25, -0.2) is 4.98 Å². The third-order valence-corrected chi connectivity index (χ3v) is 4.41. The van der Waals surface area contributed by atoms with Crippen molar-refractivity contribution in [1.82, 2.24) is 9.88 Å². The fourth-order valence-corrected chi connectivity index (χ4v) is 3.13. The summed E-state index contributed by atoms with van der Waals surface area (Å²) in [7, 11) is 0. The van der Waals surface area contributed by atoms with Crippen molar-refractivity contribution in [3.63, 3.8) is 0 Å². The minimum absolute atomic E-state index is 0.411. The number of rotatable bonds is 5. The number of nitrogens with one attached hydrogen (secondary N) is 1. The van der Waals surface area contributed by atoms with Crippen LogP contribution in [0.1, 0.15) is 11.1 Å². The monoisotopic (exact) mass is 361 g/mol. The topological polar surface area (TPSA) is 48.4 Å². The first-order chi connectivity index (χ1) is 10.7. The molecular weight excluding hydrogens is 342 g/mol. The molecule has 5 heteroatoms. The third kappa shape index (κ3) is 4.06. The van der Waals surface area contributed by atoms with Crippen molar-refractivity contribution in [1.29, 1.82) is 0 Å². The van der Waals surface area contributed by atoms with E-state index in [9.17, 15) is 5.11 Å². The molecule has 2 N–H and O–H groups in total. The first kappa shape index (κ1) is 15.5. The van der Waals surface area contributed by atoms with Crippen LogP contribution in [0.15, 0.2) is 47.1 Å². The highest BCUT2D eigenvalue weighted by Gasteiger charge is 2.18. The van der Waals surface area contributed by atoms with Gasteiger partial charge in [-0.2, -0.15) is 0 Å². The van der Waals surface area contributed by atoms with E-state index in [1.54, 1.807) is 6.20 Å². The number of anilines is 1. The van der Waals surface area contributed by atoms with E-state index in [1.807, 2.05) is 12.1 Å². The van der Waals surface area contributed by atoms with Crippen molar-refractivity contribution in [3.05, 3.63) is 58.2 Å². The molecule has 0 fully saturated rings. The van der Waals surface area contributed by atoms with Gasteiger partial charge in [0.25, 0.3) is 0 Å². The predicted octanol–water partition coefficient (Wildman–Crippen LogP) is 2.68. The van der Waals surface area contributed by atoms with Gasteiger partial charge in [-0.3, -0.25) is 4.90 Å². The van der Waals surface area contributed by atoms with Crippen LogP contribution in [0.2, 0.25) is 0 Å². The molecule has 3 rings (SSSR count). The van der Waals surface area contributed by atoms with E-state index in [4.69, 9.17) is 0 Å². The molecule has 0 unspecified atom stereocenters. The number of fused-ring (bicyclic) bond motifs is 1. The normalized spacial score (nSPS) is 16.1. The molecule has 0 spiro atoms. The number of hydrogen-bond donors (Lipinski definition) is 2. The van der Waals surface area contributed by atoms with Crippen molar-refractivity contribution >= 4 is 21.7 Å². The highest BCUT2D eigenvalue weighted by atomic mass is 79.9. The number of benzene rings is 1. The Morgan fingerprint density at radius 1 is 1.27 bits per heavy atom. The number of β-amino-alcohol motifs (C(OH)–C–C–N with tert-alkyl or cyclic N) is 1. The smallest absolute Gasteiger partial charge is 0.127 e. The zero-order valence-corrected chi connectivity index (χ0v) is 14.0. The molecule has 2 aromatic rings. The van der Waals surface area contributed by atoms with Crippen LogP contribution < -0.4 is 5.32 Å². The van der Waals surface area contributed by atoms with Crippen LogP contribution in [0, 0.1) is 0 Å². The molecule has 22 heavy (non-hydrogen) atoms. The van der Waals surface area contributed by atoms with Gasteiger partial charge in [0, 0.05) is 36.8 Å². The summed E-state index contributed by atoms with van der Waals surface area (Å²) in [4.78, 5) is 6.53. The number of nitrogens with zero attached hydrogens (tertiary/aromatic N) is 2. The molecule has 4 nitrogen and oxygen atoms in total. The number of pyridine rings is 1. The lowest BCUT2D eigenvalue weighted by Gasteiger charge is -2.30. The lowest BCUT2D eigenvalue weighted by molar-refractivity contribution is 0.114. The quantitative estimate of drug-likeness (QED) is 0.859. The maximum absolute atomic E-state index is 10.2. The van der Waals surface area contributed by atoms with Crippen LogP contribution >= 0.6 is 15.9 Å². The van der Waals surface area contributed by atoms with Crippen molar-refractivity contribution in [2.75, 3.05) is 25.0 Å². The molecule has 0 saturated heterocycles. The maximum atomic E-state index is 10.2. The Morgan fingerprint density at radius 3 is 2.91 bits per heavy atom. The summed E-state index contributed by atoms with van der Waals surface area (Å²) in [5, 5.41) is 13.4. The third-order valence-electron chi connectivity index (χ3n) is 3.92. The lowest BCUT2D eigenvalue weighted by atomic mass is 10.00. The van der Waals surface area contributed by atoms with Gasteiger partial charge in [-0.15, -0.1) is 0 Å². The molecule has 1 atom stereocenters. The van der Waals surface area contributed by atoms with Crippen molar-refractivity contribution in [2.24, 2.45) is 0 Å². The van der Waals surface area contributed by atoms with Gasteiger partial charge in [0.1, 0.15) is 5.82 Å². The summed E-state index contributed by atoms with van der Waals surface area (Å²) in [6.45, 7) is 3.10. The molecule has 1 aromatic heterocycles. The van der Waals surface area contributed by atoms with E-state index in [0.29, 0.717) is 13.1 Å². The van der Waals surface area contributed by atoms with Crippen LogP contribution in [0.4, 0.5) is 5.82 Å². The van der Waals surface area contributed by atoms with E-state index >= 15 is 0 Å². The molecule has 2 heterocycles. The highest BCUT2D eigenvalue weighted by molar-refractivity contribution is 9.10. The lowest BCUT2D eigenvalue weighted by Crippen LogP contribution is -2.39. The molecule has 1 aromatic carbocycles. The van der Waals surface area contributed by atoms with E-state index in [2.05, 4.69) is 55.4 Å². The summed E-state index contributed by atoms with van der Waals surface area (Å²) in [5.41, 5.74) is 2.81. The maximum Gasteiger partial charge on any atom is 0.127 e. The standard InChI is InChI=1S/C17H20BrN3O/c18-15-5-7-19-17(9-15)20-10-16(22)12-21-8-6-13-3-1-2-4-14(13)11-21/h1-5,7,9,16,22H,6,8,10-12H2,(H,19,20)/t16-/m0/s1. The van der Waals surface area contributed by atoms with Gasteiger partial charge < -0.3 is 10.4 Å². The summed E-state index contributed by atoms with van der Waals surface area (Å²) >= 11 is 3.41. The number of hydrogen-bond acceptors (Lipinski definition) is 4. The summed E-state index contributed by atoms with van der Waals surface area (Å²) in [6.07, 6.45) is 2.38. The van der Waals surface area contributed by atoms with Crippen molar-refractivity contribution < 1.29 is 5.11 Å². The number of aromatic nitrogens is 1. The fourth-order valence-electron chi connectivity index (χ4n) is 2.80. The van der Waals surface area contributed by atoms with E-state index in [0.717, 1.165) is 29.8 Å². The Labute approximate surface area is 139 Å². The molecule has 0 aliphatic carbocycles.